The van der Waals surface area contributed by atoms with Gasteiger partial charge in [0, 0.05) is 12.5 Å². The Bertz CT molecular complexity index is 593. The first-order valence-electron chi connectivity index (χ1n) is 9.70. The van der Waals surface area contributed by atoms with Crippen molar-refractivity contribution >= 4 is 11.9 Å². The molecule has 1 amide bonds. The van der Waals surface area contributed by atoms with E-state index < -0.39 is 0 Å². The van der Waals surface area contributed by atoms with Gasteiger partial charge in [0.15, 0.2) is 0 Å². The van der Waals surface area contributed by atoms with E-state index in [0.717, 1.165) is 24.2 Å². The van der Waals surface area contributed by atoms with E-state index in [4.69, 9.17) is 9.47 Å². The molecular weight excluding hydrogens is 330 g/mol. The number of ether oxygens (including phenoxy) is 2. The van der Waals surface area contributed by atoms with Gasteiger partial charge in [-0.3, -0.25) is 9.59 Å². The molecule has 0 unspecified atom stereocenters. The van der Waals surface area contributed by atoms with Crippen LogP contribution in [0.4, 0.5) is 0 Å². The Hall–Kier alpha value is -2.04. The second kappa shape index (κ2) is 10.2. The molecule has 1 saturated carbocycles. The molecule has 0 radical (unpaired) electrons. The van der Waals surface area contributed by atoms with Gasteiger partial charge in [-0.15, -0.1) is 0 Å². The van der Waals surface area contributed by atoms with Crippen molar-refractivity contribution in [2.45, 2.75) is 71.4 Å². The Morgan fingerprint density at radius 2 is 1.96 bits per heavy atom. The van der Waals surface area contributed by atoms with E-state index in [0.29, 0.717) is 25.6 Å². The predicted octanol–water partition coefficient (Wildman–Crippen LogP) is 3.74. The zero-order valence-electron chi connectivity index (χ0n) is 16.2. The fraction of sp³-hybridized carbons (Fsp3) is 0.619. The molecule has 0 N–H and O–H groups in total. The van der Waals surface area contributed by atoms with Crippen LogP contribution in [0.3, 0.4) is 0 Å². The van der Waals surface area contributed by atoms with Gasteiger partial charge in [0.25, 0.3) is 0 Å². The van der Waals surface area contributed by atoms with Crippen LogP contribution in [0.2, 0.25) is 0 Å². The minimum absolute atomic E-state index is 0.00910. The Balaban J connectivity index is 1.89. The van der Waals surface area contributed by atoms with Crippen molar-refractivity contribution < 1.29 is 19.1 Å². The van der Waals surface area contributed by atoms with Gasteiger partial charge in [-0.05, 0) is 70.6 Å². The molecule has 0 bridgehead atoms. The van der Waals surface area contributed by atoms with Gasteiger partial charge in [-0.25, -0.2) is 0 Å². The molecule has 0 heterocycles. The van der Waals surface area contributed by atoms with Crippen molar-refractivity contribution in [1.82, 2.24) is 4.90 Å². The molecule has 0 saturated heterocycles. The molecule has 5 heteroatoms. The number of benzene rings is 1. The van der Waals surface area contributed by atoms with E-state index in [-0.39, 0.29) is 24.5 Å². The maximum atomic E-state index is 12.5. The molecule has 0 spiro atoms. The van der Waals surface area contributed by atoms with Gasteiger partial charge < -0.3 is 14.4 Å². The van der Waals surface area contributed by atoms with Crippen LogP contribution in [0, 0.1) is 0 Å². The zero-order chi connectivity index (χ0) is 18.9. The smallest absolute Gasteiger partial charge is 0.325 e. The van der Waals surface area contributed by atoms with Gasteiger partial charge in [-0.1, -0.05) is 12.1 Å². The number of hydrogen-bond acceptors (Lipinski definition) is 4. The Morgan fingerprint density at radius 3 is 2.62 bits per heavy atom. The fourth-order valence-corrected chi connectivity index (χ4v) is 3.27. The lowest BCUT2D eigenvalue weighted by Gasteiger charge is -2.25. The topological polar surface area (TPSA) is 55.8 Å². The quantitative estimate of drug-likeness (QED) is 0.629. The number of carbonyl (C=O) groups excluding carboxylic acids is 2. The average Bonchev–Trinajstić information content (AvgIpc) is 3.11. The highest BCUT2D eigenvalue weighted by molar-refractivity contribution is 5.82. The summed E-state index contributed by atoms with van der Waals surface area (Å²) in [4.78, 5) is 25.8. The largest absolute Gasteiger partial charge is 0.490 e. The molecule has 2 rings (SSSR count). The second-order valence-electron chi connectivity index (χ2n) is 7.09. The normalized spacial score (nSPS) is 14.5. The summed E-state index contributed by atoms with van der Waals surface area (Å²) in [5, 5.41) is 0. The number of nitrogens with zero attached hydrogens (tertiary/aromatic N) is 1. The maximum absolute atomic E-state index is 12.5. The van der Waals surface area contributed by atoms with Crippen molar-refractivity contribution in [2.24, 2.45) is 0 Å². The third kappa shape index (κ3) is 6.36. The van der Waals surface area contributed by atoms with Gasteiger partial charge >= 0.3 is 5.97 Å². The van der Waals surface area contributed by atoms with E-state index in [1.807, 2.05) is 38.1 Å². The van der Waals surface area contributed by atoms with Crippen LogP contribution in [0.25, 0.3) is 0 Å². The molecule has 0 aromatic heterocycles. The fourth-order valence-electron chi connectivity index (χ4n) is 3.27. The zero-order valence-corrected chi connectivity index (χ0v) is 16.2. The summed E-state index contributed by atoms with van der Waals surface area (Å²) in [5.41, 5.74) is 1.08. The Kier molecular flexibility index (Phi) is 7.95. The standard InChI is InChI=1S/C21H31NO4/c1-4-25-21(24)15-22(16(2)3)20(23)13-12-17-8-7-11-19(14-17)26-18-9-5-6-10-18/h7-8,11,14,16,18H,4-6,9-10,12-13,15H2,1-3H3. The third-order valence-electron chi connectivity index (χ3n) is 4.68. The highest BCUT2D eigenvalue weighted by Crippen LogP contribution is 2.25. The Morgan fingerprint density at radius 1 is 1.23 bits per heavy atom. The van der Waals surface area contributed by atoms with Crippen LogP contribution in [0.15, 0.2) is 24.3 Å². The van der Waals surface area contributed by atoms with Crippen molar-refractivity contribution in [3.05, 3.63) is 29.8 Å². The van der Waals surface area contributed by atoms with Gasteiger partial charge in [0.1, 0.15) is 12.3 Å². The SMILES string of the molecule is CCOC(=O)CN(C(=O)CCc1cccc(OC2CCCC2)c1)C(C)C. The van der Waals surface area contributed by atoms with Crippen LogP contribution < -0.4 is 4.74 Å². The van der Waals surface area contributed by atoms with Crippen LogP contribution in [-0.2, 0) is 20.7 Å². The number of esters is 1. The molecule has 0 aliphatic heterocycles. The minimum atomic E-state index is -0.360. The lowest BCUT2D eigenvalue weighted by molar-refractivity contribution is -0.150. The number of amides is 1. The first-order valence-corrected chi connectivity index (χ1v) is 9.70. The van der Waals surface area contributed by atoms with Gasteiger partial charge in [0.2, 0.25) is 5.91 Å². The van der Waals surface area contributed by atoms with E-state index in [2.05, 4.69) is 0 Å². The van der Waals surface area contributed by atoms with E-state index in [1.54, 1.807) is 11.8 Å². The molecule has 1 fully saturated rings. The summed E-state index contributed by atoms with van der Waals surface area (Å²) in [6, 6.07) is 7.95. The van der Waals surface area contributed by atoms with Crippen LogP contribution >= 0.6 is 0 Å². The molecule has 1 aromatic carbocycles. The maximum Gasteiger partial charge on any atom is 0.325 e. The average molecular weight is 361 g/mol. The number of rotatable bonds is 9. The first-order chi connectivity index (χ1) is 12.5. The van der Waals surface area contributed by atoms with Gasteiger partial charge in [-0.2, -0.15) is 0 Å². The van der Waals surface area contributed by atoms with Crippen molar-refractivity contribution in [2.75, 3.05) is 13.2 Å². The summed E-state index contributed by atoms with van der Waals surface area (Å²) >= 11 is 0. The monoisotopic (exact) mass is 361 g/mol. The number of aryl methyl sites for hydroxylation is 1. The van der Waals surface area contributed by atoms with Crippen LogP contribution in [-0.4, -0.2) is 42.1 Å². The van der Waals surface area contributed by atoms with Crippen molar-refractivity contribution in [1.29, 1.82) is 0 Å². The minimum Gasteiger partial charge on any atom is -0.490 e. The van der Waals surface area contributed by atoms with Crippen LogP contribution in [0.5, 0.6) is 5.75 Å². The summed E-state index contributed by atoms with van der Waals surface area (Å²) in [6.45, 7) is 5.92. The summed E-state index contributed by atoms with van der Waals surface area (Å²) < 4.78 is 11.0. The summed E-state index contributed by atoms with van der Waals surface area (Å²) in [5.74, 6) is 0.491. The van der Waals surface area contributed by atoms with Crippen molar-refractivity contribution in [3.63, 3.8) is 0 Å². The summed E-state index contributed by atoms with van der Waals surface area (Å²) in [6.07, 6.45) is 6.05. The molecule has 5 nitrogen and oxygen atoms in total. The molecule has 1 aromatic rings. The molecular formula is C21H31NO4. The molecule has 144 valence electrons. The predicted molar refractivity (Wildman–Crippen MR) is 101 cm³/mol. The van der Waals surface area contributed by atoms with Crippen LogP contribution in [0.1, 0.15) is 58.4 Å². The molecule has 1 aliphatic carbocycles. The van der Waals surface area contributed by atoms with E-state index >= 15 is 0 Å². The molecule has 0 atom stereocenters. The highest BCUT2D eigenvalue weighted by atomic mass is 16.5. The number of hydrogen-bond donors (Lipinski definition) is 0. The van der Waals surface area contributed by atoms with Gasteiger partial charge in [0.05, 0.1) is 12.7 Å². The van der Waals surface area contributed by atoms with E-state index in [9.17, 15) is 9.59 Å². The lowest BCUT2D eigenvalue weighted by Crippen LogP contribution is -2.41. The first kappa shape index (κ1) is 20.3. The summed E-state index contributed by atoms with van der Waals surface area (Å²) in [7, 11) is 0. The second-order valence-corrected chi connectivity index (χ2v) is 7.09. The van der Waals surface area contributed by atoms with Crippen molar-refractivity contribution in [3.8, 4) is 5.75 Å². The molecule has 26 heavy (non-hydrogen) atoms. The Labute approximate surface area is 156 Å². The van der Waals surface area contributed by atoms with E-state index in [1.165, 1.54) is 12.8 Å². The molecule has 1 aliphatic rings. The lowest BCUT2D eigenvalue weighted by atomic mass is 10.1. The number of carbonyl (C=O) groups is 2. The third-order valence-corrected chi connectivity index (χ3v) is 4.68. The highest BCUT2D eigenvalue weighted by Gasteiger charge is 2.21.